The molecule has 15 heavy (non-hydrogen) atoms. The van der Waals surface area contributed by atoms with Crippen LogP contribution in [-0.2, 0) is 14.3 Å². The van der Waals surface area contributed by atoms with Crippen molar-refractivity contribution >= 4 is 22.4 Å². The summed E-state index contributed by atoms with van der Waals surface area (Å²) >= 11 is 1.40. The minimum Gasteiger partial charge on any atom is -0.376 e. The van der Waals surface area contributed by atoms with Gasteiger partial charge in [-0.1, -0.05) is 0 Å². The molecule has 0 radical (unpaired) electrons. The number of aromatic nitrogens is 1. The largest absolute Gasteiger partial charge is 0.376 e. The molecule has 1 fully saturated rings. The topological polar surface area (TPSA) is 60.5 Å². The van der Waals surface area contributed by atoms with Crippen LogP contribution >= 0.6 is 11.3 Å². The van der Waals surface area contributed by atoms with Gasteiger partial charge in [0.05, 0.1) is 25.5 Å². The summed E-state index contributed by atoms with van der Waals surface area (Å²) in [7, 11) is 0. The molecule has 1 aliphatic heterocycles. The molecule has 1 aromatic heterocycles. The summed E-state index contributed by atoms with van der Waals surface area (Å²) in [6.07, 6.45) is -0.511. The lowest BCUT2D eigenvalue weighted by molar-refractivity contribution is -0.142. The number of ether oxygens (including phenoxy) is 2. The maximum Gasteiger partial charge on any atom is 0.257 e. The molecule has 1 atom stereocenters. The minimum atomic E-state index is -0.511. The summed E-state index contributed by atoms with van der Waals surface area (Å²) in [5.41, 5.74) is 0.899. The van der Waals surface area contributed by atoms with Gasteiger partial charge in [0.2, 0.25) is 0 Å². The Balaban J connectivity index is 1.91. The predicted molar refractivity (Wildman–Crippen MR) is 56.0 cm³/mol. The van der Waals surface area contributed by atoms with E-state index in [-0.39, 0.29) is 5.91 Å². The number of carbonyl (C=O) groups excluding carboxylic acids is 1. The maximum absolute atomic E-state index is 11.6. The molecule has 0 aliphatic carbocycles. The molecule has 1 N–H and O–H groups in total. The van der Waals surface area contributed by atoms with E-state index in [1.54, 1.807) is 0 Å². The van der Waals surface area contributed by atoms with Crippen molar-refractivity contribution in [3.05, 3.63) is 11.1 Å². The van der Waals surface area contributed by atoms with E-state index < -0.39 is 6.10 Å². The summed E-state index contributed by atoms with van der Waals surface area (Å²) in [5.74, 6) is -0.191. The van der Waals surface area contributed by atoms with E-state index in [9.17, 15) is 4.79 Å². The maximum atomic E-state index is 11.6. The average Bonchev–Trinajstić information content (AvgIpc) is 2.65. The lowest BCUT2D eigenvalue weighted by Crippen LogP contribution is -2.39. The molecule has 1 aliphatic rings. The summed E-state index contributed by atoms with van der Waals surface area (Å²) in [5, 5.41) is 5.18. The first-order chi connectivity index (χ1) is 7.25. The number of nitrogens with one attached hydrogen (secondary N) is 1. The Morgan fingerprint density at radius 3 is 3.13 bits per heavy atom. The van der Waals surface area contributed by atoms with Crippen LogP contribution in [0.5, 0.6) is 0 Å². The van der Waals surface area contributed by atoms with E-state index in [2.05, 4.69) is 10.3 Å². The van der Waals surface area contributed by atoms with Gasteiger partial charge in [-0.25, -0.2) is 4.98 Å². The van der Waals surface area contributed by atoms with E-state index in [0.717, 1.165) is 5.69 Å². The number of rotatable bonds is 2. The summed E-state index contributed by atoms with van der Waals surface area (Å²) < 4.78 is 10.4. The smallest absolute Gasteiger partial charge is 0.257 e. The standard InChI is InChI=1S/C9H12N2O3S/c1-6-5-15-9(10-6)11-8(12)7-4-13-2-3-14-7/h5,7H,2-4H2,1H3,(H,10,11,12)/t7-/m1/s1. The number of hydrogen-bond acceptors (Lipinski definition) is 5. The third kappa shape index (κ3) is 2.74. The highest BCUT2D eigenvalue weighted by Crippen LogP contribution is 2.15. The Morgan fingerprint density at radius 2 is 2.53 bits per heavy atom. The fraction of sp³-hybridized carbons (Fsp3) is 0.556. The van der Waals surface area contributed by atoms with Gasteiger partial charge in [-0.05, 0) is 6.92 Å². The highest BCUT2D eigenvalue weighted by atomic mass is 32.1. The van der Waals surface area contributed by atoms with Crippen LogP contribution in [0.2, 0.25) is 0 Å². The molecule has 2 heterocycles. The van der Waals surface area contributed by atoms with Crippen molar-refractivity contribution in [2.24, 2.45) is 0 Å². The van der Waals surface area contributed by atoms with E-state index in [0.29, 0.717) is 25.0 Å². The summed E-state index contributed by atoms with van der Waals surface area (Å²) in [6, 6.07) is 0. The van der Waals surface area contributed by atoms with Gasteiger partial charge in [0, 0.05) is 5.38 Å². The third-order valence-electron chi connectivity index (χ3n) is 1.96. The SMILES string of the molecule is Cc1csc(NC(=O)[C@H]2COCCO2)n1. The molecule has 0 unspecified atom stereocenters. The summed E-state index contributed by atoms with van der Waals surface area (Å²) in [4.78, 5) is 15.8. The zero-order valence-electron chi connectivity index (χ0n) is 8.36. The Hall–Kier alpha value is -0.980. The molecule has 2 rings (SSSR count). The molecule has 0 saturated carbocycles. The molecule has 0 bridgehead atoms. The first kappa shape index (κ1) is 10.5. The van der Waals surface area contributed by atoms with Crippen LogP contribution in [0.1, 0.15) is 5.69 Å². The van der Waals surface area contributed by atoms with Crippen LogP contribution in [0.3, 0.4) is 0 Å². The van der Waals surface area contributed by atoms with E-state index >= 15 is 0 Å². The van der Waals surface area contributed by atoms with Gasteiger partial charge in [-0.3, -0.25) is 10.1 Å². The van der Waals surface area contributed by atoms with Crippen molar-refractivity contribution in [3.8, 4) is 0 Å². The van der Waals surface area contributed by atoms with E-state index in [4.69, 9.17) is 9.47 Å². The molecule has 82 valence electrons. The Bertz CT molecular complexity index is 347. The highest BCUT2D eigenvalue weighted by Gasteiger charge is 2.23. The molecule has 1 aromatic rings. The van der Waals surface area contributed by atoms with Gasteiger partial charge in [-0.15, -0.1) is 11.3 Å². The first-order valence-corrected chi connectivity index (χ1v) is 5.56. The molecular formula is C9H12N2O3S. The first-order valence-electron chi connectivity index (χ1n) is 4.68. The Labute approximate surface area is 91.4 Å². The highest BCUT2D eigenvalue weighted by molar-refractivity contribution is 7.13. The van der Waals surface area contributed by atoms with E-state index in [1.807, 2.05) is 12.3 Å². The number of nitrogens with zero attached hydrogens (tertiary/aromatic N) is 1. The molecule has 0 aromatic carbocycles. The molecule has 6 heteroatoms. The van der Waals surface area contributed by atoms with Crippen molar-refractivity contribution in [2.45, 2.75) is 13.0 Å². The normalized spacial score (nSPS) is 21.3. The number of aryl methyl sites for hydroxylation is 1. The number of anilines is 1. The van der Waals surface area contributed by atoms with Gasteiger partial charge in [-0.2, -0.15) is 0 Å². The van der Waals surface area contributed by atoms with Crippen LogP contribution in [0, 0.1) is 6.92 Å². The Kier molecular flexibility index (Phi) is 3.30. The van der Waals surface area contributed by atoms with Crippen molar-refractivity contribution < 1.29 is 14.3 Å². The summed E-state index contributed by atoms with van der Waals surface area (Å²) in [6.45, 7) is 3.22. The van der Waals surface area contributed by atoms with Crippen LogP contribution < -0.4 is 5.32 Å². The predicted octanol–water partition coefficient (Wildman–Crippen LogP) is 0.805. The number of carbonyl (C=O) groups is 1. The molecule has 1 saturated heterocycles. The lowest BCUT2D eigenvalue weighted by Gasteiger charge is -2.21. The van der Waals surface area contributed by atoms with Crippen molar-refractivity contribution in [3.63, 3.8) is 0 Å². The monoisotopic (exact) mass is 228 g/mol. The van der Waals surface area contributed by atoms with Crippen LogP contribution in [0.4, 0.5) is 5.13 Å². The number of thiazole rings is 1. The Morgan fingerprint density at radius 1 is 1.67 bits per heavy atom. The number of hydrogen-bond donors (Lipinski definition) is 1. The second-order valence-corrected chi connectivity index (χ2v) is 4.08. The quantitative estimate of drug-likeness (QED) is 0.813. The van der Waals surface area contributed by atoms with Gasteiger partial charge >= 0.3 is 0 Å². The van der Waals surface area contributed by atoms with Gasteiger partial charge in [0.15, 0.2) is 11.2 Å². The van der Waals surface area contributed by atoms with Crippen LogP contribution in [0.25, 0.3) is 0 Å². The van der Waals surface area contributed by atoms with Crippen molar-refractivity contribution in [1.29, 1.82) is 0 Å². The molecule has 0 spiro atoms. The minimum absolute atomic E-state index is 0.191. The van der Waals surface area contributed by atoms with Gasteiger partial charge in [0.1, 0.15) is 0 Å². The fourth-order valence-electron chi connectivity index (χ4n) is 1.24. The molecular weight excluding hydrogens is 216 g/mol. The lowest BCUT2D eigenvalue weighted by atomic mass is 10.3. The van der Waals surface area contributed by atoms with E-state index in [1.165, 1.54) is 11.3 Å². The third-order valence-corrected chi connectivity index (χ3v) is 2.83. The van der Waals surface area contributed by atoms with Crippen molar-refractivity contribution in [1.82, 2.24) is 4.98 Å². The average molecular weight is 228 g/mol. The zero-order valence-corrected chi connectivity index (χ0v) is 9.17. The van der Waals surface area contributed by atoms with Crippen molar-refractivity contribution in [2.75, 3.05) is 25.1 Å². The molecule has 1 amide bonds. The fourth-order valence-corrected chi connectivity index (χ4v) is 1.93. The zero-order chi connectivity index (χ0) is 10.7. The van der Waals surface area contributed by atoms with Gasteiger partial charge in [0.25, 0.3) is 5.91 Å². The molecule has 5 nitrogen and oxygen atoms in total. The van der Waals surface area contributed by atoms with Crippen LogP contribution in [0.15, 0.2) is 5.38 Å². The van der Waals surface area contributed by atoms with Gasteiger partial charge < -0.3 is 9.47 Å². The second kappa shape index (κ2) is 4.69. The number of amides is 1. The second-order valence-electron chi connectivity index (χ2n) is 3.22. The van der Waals surface area contributed by atoms with Crippen LogP contribution in [-0.4, -0.2) is 36.8 Å².